The molecule has 120 valence electrons. The number of hydrogen-bond acceptors (Lipinski definition) is 2. The van der Waals surface area contributed by atoms with E-state index < -0.39 is 11.6 Å². The largest absolute Gasteiger partial charge is 0.351 e. The highest BCUT2D eigenvalue weighted by atomic mass is 19.2. The molecule has 0 aromatic heterocycles. The van der Waals surface area contributed by atoms with E-state index in [0.717, 1.165) is 37.4 Å². The van der Waals surface area contributed by atoms with E-state index >= 15 is 0 Å². The molecule has 0 saturated carbocycles. The molecule has 2 atom stereocenters. The standard InChI is InChI=1S/C17H22F2N2O/c1-2-3-4-5-17(22)21-16-11-20-9-8-13(16)12-6-7-14(18)15(19)10-12/h2,6-7,10,13,16,20H,1,3-5,8-9,11H2,(H,21,22). The SMILES string of the molecule is C=CCCCC(=O)NC1CNCCC1c1ccc(F)c(F)c1. The van der Waals surface area contributed by atoms with E-state index in [1.807, 2.05) is 0 Å². The molecular formula is C17H22F2N2O. The minimum absolute atomic E-state index is 0.000274. The van der Waals surface area contributed by atoms with Crippen LogP contribution in [0.1, 0.15) is 37.2 Å². The van der Waals surface area contributed by atoms with E-state index in [4.69, 9.17) is 0 Å². The summed E-state index contributed by atoms with van der Waals surface area (Å²) in [6.07, 6.45) is 4.60. The van der Waals surface area contributed by atoms with Crippen LogP contribution in [0.5, 0.6) is 0 Å². The van der Waals surface area contributed by atoms with Crippen LogP contribution in [0.4, 0.5) is 8.78 Å². The summed E-state index contributed by atoms with van der Waals surface area (Å²) >= 11 is 0. The van der Waals surface area contributed by atoms with E-state index in [0.29, 0.717) is 13.0 Å². The Hall–Kier alpha value is -1.75. The van der Waals surface area contributed by atoms with Gasteiger partial charge in [-0.2, -0.15) is 0 Å². The molecule has 0 radical (unpaired) electrons. The zero-order valence-electron chi connectivity index (χ0n) is 12.6. The van der Waals surface area contributed by atoms with Crippen LogP contribution in [-0.2, 0) is 4.79 Å². The van der Waals surface area contributed by atoms with Crippen molar-refractivity contribution in [1.82, 2.24) is 10.6 Å². The van der Waals surface area contributed by atoms with Crippen LogP contribution in [0.2, 0.25) is 0 Å². The quantitative estimate of drug-likeness (QED) is 0.627. The maximum atomic E-state index is 13.4. The predicted octanol–water partition coefficient (Wildman–Crippen LogP) is 2.88. The van der Waals surface area contributed by atoms with Gasteiger partial charge < -0.3 is 10.6 Å². The number of carbonyl (C=O) groups is 1. The fourth-order valence-electron chi connectivity index (χ4n) is 2.84. The van der Waals surface area contributed by atoms with Crippen LogP contribution in [0.25, 0.3) is 0 Å². The third-order valence-corrected chi connectivity index (χ3v) is 4.01. The molecule has 2 N–H and O–H groups in total. The van der Waals surface area contributed by atoms with Crippen LogP contribution in [-0.4, -0.2) is 25.0 Å². The molecule has 0 aliphatic carbocycles. The van der Waals surface area contributed by atoms with E-state index in [1.165, 1.54) is 6.07 Å². The summed E-state index contributed by atoms with van der Waals surface area (Å²) in [4.78, 5) is 12.0. The molecule has 2 unspecified atom stereocenters. The van der Waals surface area contributed by atoms with Gasteiger partial charge in [0.1, 0.15) is 0 Å². The van der Waals surface area contributed by atoms with Gasteiger partial charge in [-0.05, 0) is 43.5 Å². The van der Waals surface area contributed by atoms with Crippen LogP contribution >= 0.6 is 0 Å². The lowest BCUT2D eigenvalue weighted by Crippen LogP contribution is -2.50. The molecule has 2 rings (SSSR count). The number of nitrogens with one attached hydrogen (secondary N) is 2. The third-order valence-electron chi connectivity index (χ3n) is 4.01. The number of hydrogen-bond donors (Lipinski definition) is 2. The van der Waals surface area contributed by atoms with Crippen LogP contribution in [0.15, 0.2) is 30.9 Å². The molecule has 1 aromatic carbocycles. The van der Waals surface area contributed by atoms with Gasteiger partial charge >= 0.3 is 0 Å². The van der Waals surface area contributed by atoms with Crippen molar-refractivity contribution in [3.63, 3.8) is 0 Å². The number of allylic oxidation sites excluding steroid dienone is 1. The molecule has 1 aliphatic heterocycles. The number of amides is 1. The third kappa shape index (κ3) is 4.37. The lowest BCUT2D eigenvalue weighted by atomic mass is 9.86. The zero-order chi connectivity index (χ0) is 15.9. The smallest absolute Gasteiger partial charge is 0.220 e. The van der Waals surface area contributed by atoms with E-state index in [9.17, 15) is 13.6 Å². The van der Waals surface area contributed by atoms with Gasteiger partial charge in [-0.25, -0.2) is 8.78 Å². The van der Waals surface area contributed by atoms with E-state index in [2.05, 4.69) is 17.2 Å². The van der Waals surface area contributed by atoms with Crippen molar-refractivity contribution in [1.29, 1.82) is 0 Å². The lowest BCUT2D eigenvalue weighted by Gasteiger charge is -2.33. The molecule has 1 heterocycles. The molecule has 1 fully saturated rings. The van der Waals surface area contributed by atoms with Gasteiger partial charge in [-0.15, -0.1) is 6.58 Å². The van der Waals surface area contributed by atoms with Gasteiger partial charge in [0.2, 0.25) is 5.91 Å². The van der Waals surface area contributed by atoms with Crippen molar-refractivity contribution in [3.05, 3.63) is 48.1 Å². The van der Waals surface area contributed by atoms with Gasteiger partial charge in [0.05, 0.1) is 0 Å². The van der Waals surface area contributed by atoms with Crippen molar-refractivity contribution < 1.29 is 13.6 Å². The van der Waals surface area contributed by atoms with Crippen molar-refractivity contribution in [2.24, 2.45) is 0 Å². The molecule has 0 spiro atoms. The summed E-state index contributed by atoms with van der Waals surface area (Å²) in [5.74, 6) is -1.70. The molecular weight excluding hydrogens is 286 g/mol. The molecule has 5 heteroatoms. The first-order chi connectivity index (χ1) is 10.6. The second-order valence-electron chi connectivity index (χ2n) is 5.63. The van der Waals surface area contributed by atoms with Gasteiger partial charge in [-0.3, -0.25) is 4.79 Å². The first kappa shape index (κ1) is 16.6. The maximum Gasteiger partial charge on any atom is 0.220 e. The normalized spacial score (nSPS) is 21.4. The molecule has 22 heavy (non-hydrogen) atoms. The Morgan fingerprint density at radius 3 is 2.95 bits per heavy atom. The minimum atomic E-state index is -0.845. The molecule has 1 saturated heterocycles. The van der Waals surface area contributed by atoms with E-state index in [-0.39, 0.29) is 17.9 Å². The number of unbranched alkanes of at least 4 members (excludes halogenated alkanes) is 1. The molecule has 1 aromatic rings. The summed E-state index contributed by atoms with van der Waals surface area (Å²) in [7, 11) is 0. The van der Waals surface area contributed by atoms with Crippen molar-refractivity contribution in [2.75, 3.05) is 13.1 Å². The molecule has 0 bridgehead atoms. The first-order valence-corrected chi connectivity index (χ1v) is 7.67. The summed E-state index contributed by atoms with van der Waals surface area (Å²) in [5.41, 5.74) is 0.733. The Morgan fingerprint density at radius 2 is 2.23 bits per heavy atom. The Labute approximate surface area is 129 Å². The highest BCUT2D eigenvalue weighted by molar-refractivity contribution is 5.76. The Kier molecular flexibility index (Phi) is 6.07. The second kappa shape index (κ2) is 8.03. The van der Waals surface area contributed by atoms with Crippen molar-refractivity contribution in [2.45, 2.75) is 37.6 Å². The number of benzene rings is 1. The van der Waals surface area contributed by atoms with Crippen LogP contribution < -0.4 is 10.6 Å². The maximum absolute atomic E-state index is 13.4. The fourth-order valence-corrected chi connectivity index (χ4v) is 2.84. The first-order valence-electron chi connectivity index (χ1n) is 7.67. The Balaban J connectivity index is 2.02. The van der Waals surface area contributed by atoms with Crippen molar-refractivity contribution >= 4 is 5.91 Å². The van der Waals surface area contributed by atoms with Crippen LogP contribution in [0, 0.1) is 11.6 Å². The number of piperidine rings is 1. The summed E-state index contributed by atoms with van der Waals surface area (Å²) in [5, 5.41) is 6.24. The topological polar surface area (TPSA) is 41.1 Å². The Bertz CT molecular complexity index is 533. The molecule has 1 amide bonds. The average Bonchev–Trinajstić information content (AvgIpc) is 2.51. The summed E-state index contributed by atoms with van der Waals surface area (Å²) < 4.78 is 26.5. The van der Waals surface area contributed by atoms with E-state index in [1.54, 1.807) is 12.1 Å². The zero-order valence-corrected chi connectivity index (χ0v) is 12.6. The van der Waals surface area contributed by atoms with Gasteiger partial charge in [0, 0.05) is 24.9 Å². The van der Waals surface area contributed by atoms with Crippen LogP contribution in [0.3, 0.4) is 0 Å². The predicted molar refractivity (Wildman–Crippen MR) is 82.6 cm³/mol. The number of halogens is 2. The highest BCUT2D eigenvalue weighted by Crippen LogP contribution is 2.27. The second-order valence-corrected chi connectivity index (χ2v) is 5.63. The Morgan fingerprint density at radius 1 is 1.41 bits per heavy atom. The minimum Gasteiger partial charge on any atom is -0.351 e. The fraction of sp³-hybridized carbons (Fsp3) is 0.471. The van der Waals surface area contributed by atoms with Gasteiger partial charge in [0.25, 0.3) is 0 Å². The molecule has 1 aliphatic rings. The number of carbonyl (C=O) groups excluding carboxylic acids is 1. The molecule has 3 nitrogen and oxygen atoms in total. The van der Waals surface area contributed by atoms with Crippen molar-refractivity contribution in [3.8, 4) is 0 Å². The van der Waals surface area contributed by atoms with Gasteiger partial charge in [0.15, 0.2) is 11.6 Å². The highest BCUT2D eigenvalue weighted by Gasteiger charge is 2.28. The summed E-state index contributed by atoms with van der Waals surface area (Å²) in [6, 6.07) is 3.89. The average molecular weight is 308 g/mol. The number of rotatable bonds is 6. The van der Waals surface area contributed by atoms with Gasteiger partial charge in [-0.1, -0.05) is 12.1 Å². The summed E-state index contributed by atoms with van der Waals surface area (Å²) in [6.45, 7) is 5.07. The monoisotopic (exact) mass is 308 g/mol. The lowest BCUT2D eigenvalue weighted by molar-refractivity contribution is -0.122.